The Labute approximate surface area is 129 Å². The van der Waals surface area contributed by atoms with Gasteiger partial charge in [0.25, 0.3) is 0 Å². The van der Waals surface area contributed by atoms with Crippen LogP contribution in [-0.4, -0.2) is 30.5 Å². The second-order valence-corrected chi connectivity index (χ2v) is 6.50. The highest BCUT2D eigenvalue weighted by Crippen LogP contribution is 2.21. The van der Waals surface area contributed by atoms with E-state index in [2.05, 4.69) is 34.2 Å². The lowest BCUT2D eigenvalue weighted by atomic mass is 9.98. The standard InChI is InChI=1S/C16H24BrNO2/c1-12-7-8-13(17)9-16(12)18-10-14(19)11-20-15-5-3-2-4-6-15/h7-9,14-15,18-19H,2-6,10-11H2,1H3. The first-order valence-corrected chi connectivity index (χ1v) is 8.24. The molecule has 0 heterocycles. The summed E-state index contributed by atoms with van der Waals surface area (Å²) in [7, 11) is 0. The van der Waals surface area contributed by atoms with E-state index in [1.165, 1.54) is 24.8 Å². The quantitative estimate of drug-likeness (QED) is 0.824. The Morgan fingerprint density at radius 3 is 2.85 bits per heavy atom. The normalized spacial score (nSPS) is 17.9. The summed E-state index contributed by atoms with van der Waals surface area (Å²) in [5.74, 6) is 0. The molecule has 3 nitrogen and oxygen atoms in total. The number of nitrogens with one attached hydrogen (secondary N) is 1. The summed E-state index contributed by atoms with van der Waals surface area (Å²) in [4.78, 5) is 0. The summed E-state index contributed by atoms with van der Waals surface area (Å²) >= 11 is 3.46. The second-order valence-electron chi connectivity index (χ2n) is 5.59. The lowest BCUT2D eigenvalue weighted by Crippen LogP contribution is -2.28. The molecular weight excluding hydrogens is 318 g/mol. The lowest BCUT2D eigenvalue weighted by molar-refractivity contribution is -0.0195. The Bertz CT molecular complexity index is 419. The van der Waals surface area contributed by atoms with Crippen LogP contribution >= 0.6 is 15.9 Å². The van der Waals surface area contributed by atoms with Crippen LogP contribution < -0.4 is 5.32 Å². The van der Waals surface area contributed by atoms with E-state index in [0.29, 0.717) is 19.3 Å². The minimum Gasteiger partial charge on any atom is -0.389 e. The van der Waals surface area contributed by atoms with Gasteiger partial charge in [-0.1, -0.05) is 41.3 Å². The van der Waals surface area contributed by atoms with Gasteiger partial charge in [-0.15, -0.1) is 0 Å². The summed E-state index contributed by atoms with van der Waals surface area (Å²) in [6.07, 6.45) is 6.02. The molecule has 0 aromatic heterocycles. The Morgan fingerprint density at radius 2 is 2.10 bits per heavy atom. The summed E-state index contributed by atoms with van der Waals surface area (Å²) in [5, 5.41) is 13.3. The molecular formula is C16H24BrNO2. The molecule has 1 aliphatic carbocycles. The summed E-state index contributed by atoms with van der Waals surface area (Å²) in [6, 6.07) is 6.10. The van der Waals surface area contributed by atoms with Crippen LogP contribution in [0.3, 0.4) is 0 Å². The van der Waals surface area contributed by atoms with E-state index in [1.807, 2.05) is 12.1 Å². The Kier molecular flexibility index (Phi) is 6.33. The molecule has 0 aliphatic heterocycles. The molecule has 1 aromatic rings. The number of hydrogen-bond acceptors (Lipinski definition) is 3. The number of anilines is 1. The first-order valence-electron chi connectivity index (χ1n) is 7.45. The van der Waals surface area contributed by atoms with E-state index in [4.69, 9.17) is 4.74 Å². The van der Waals surface area contributed by atoms with Crippen LogP contribution in [0.25, 0.3) is 0 Å². The van der Waals surface area contributed by atoms with Gasteiger partial charge in [0.05, 0.1) is 18.8 Å². The maximum atomic E-state index is 10.0. The zero-order chi connectivity index (χ0) is 14.4. The molecule has 1 fully saturated rings. The van der Waals surface area contributed by atoms with Gasteiger partial charge in [-0.2, -0.15) is 0 Å². The molecule has 20 heavy (non-hydrogen) atoms. The van der Waals surface area contributed by atoms with Gasteiger partial charge in [0.15, 0.2) is 0 Å². The molecule has 0 spiro atoms. The lowest BCUT2D eigenvalue weighted by Gasteiger charge is -2.23. The summed E-state index contributed by atoms with van der Waals surface area (Å²) in [6.45, 7) is 2.99. The zero-order valence-electron chi connectivity index (χ0n) is 12.1. The van der Waals surface area contributed by atoms with Gasteiger partial charge >= 0.3 is 0 Å². The number of ether oxygens (including phenoxy) is 1. The molecule has 112 valence electrons. The average Bonchev–Trinajstić information content (AvgIpc) is 2.47. The first kappa shape index (κ1) is 15.8. The van der Waals surface area contributed by atoms with Gasteiger partial charge in [-0.25, -0.2) is 0 Å². The van der Waals surface area contributed by atoms with Crippen molar-refractivity contribution in [3.8, 4) is 0 Å². The minimum atomic E-state index is -0.463. The van der Waals surface area contributed by atoms with Crippen LogP contribution in [0.15, 0.2) is 22.7 Å². The first-order chi connectivity index (χ1) is 9.65. The molecule has 2 rings (SSSR count). The Balaban J connectivity index is 1.71. The number of benzene rings is 1. The third-order valence-electron chi connectivity index (χ3n) is 3.80. The zero-order valence-corrected chi connectivity index (χ0v) is 13.7. The number of hydrogen-bond donors (Lipinski definition) is 2. The number of aryl methyl sites for hydroxylation is 1. The van der Waals surface area contributed by atoms with Crippen molar-refractivity contribution in [3.05, 3.63) is 28.2 Å². The van der Waals surface area contributed by atoms with Crippen molar-refractivity contribution in [2.45, 2.75) is 51.2 Å². The summed E-state index contributed by atoms with van der Waals surface area (Å²) < 4.78 is 6.83. The maximum Gasteiger partial charge on any atom is 0.0945 e. The predicted octanol–water partition coefficient (Wildman–Crippen LogP) is 3.88. The highest BCUT2D eigenvalue weighted by molar-refractivity contribution is 9.10. The van der Waals surface area contributed by atoms with Gasteiger partial charge < -0.3 is 15.2 Å². The van der Waals surface area contributed by atoms with Gasteiger partial charge in [0, 0.05) is 16.7 Å². The van der Waals surface area contributed by atoms with Crippen LogP contribution in [0.2, 0.25) is 0 Å². The van der Waals surface area contributed by atoms with Crippen molar-refractivity contribution in [2.75, 3.05) is 18.5 Å². The van der Waals surface area contributed by atoms with Gasteiger partial charge in [0.2, 0.25) is 0 Å². The van der Waals surface area contributed by atoms with Crippen LogP contribution in [0.4, 0.5) is 5.69 Å². The van der Waals surface area contributed by atoms with Gasteiger partial charge in [-0.3, -0.25) is 0 Å². The van der Waals surface area contributed by atoms with E-state index < -0.39 is 6.10 Å². The topological polar surface area (TPSA) is 41.5 Å². The molecule has 0 amide bonds. The molecule has 0 radical (unpaired) electrons. The summed E-state index contributed by atoms with van der Waals surface area (Å²) in [5.41, 5.74) is 2.23. The van der Waals surface area contributed by atoms with Crippen molar-refractivity contribution in [2.24, 2.45) is 0 Å². The number of aliphatic hydroxyl groups is 1. The monoisotopic (exact) mass is 341 g/mol. The average molecular weight is 342 g/mol. The van der Waals surface area contributed by atoms with Crippen molar-refractivity contribution >= 4 is 21.6 Å². The van der Waals surface area contributed by atoms with Gasteiger partial charge in [-0.05, 0) is 37.5 Å². The SMILES string of the molecule is Cc1ccc(Br)cc1NCC(O)COC1CCCCC1. The largest absolute Gasteiger partial charge is 0.389 e. The van der Waals surface area contributed by atoms with E-state index in [-0.39, 0.29) is 0 Å². The molecule has 0 saturated heterocycles. The van der Waals surface area contributed by atoms with E-state index >= 15 is 0 Å². The van der Waals surface area contributed by atoms with Crippen LogP contribution in [0.1, 0.15) is 37.7 Å². The molecule has 1 aromatic carbocycles. The minimum absolute atomic E-state index is 0.353. The molecule has 1 aliphatic rings. The third kappa shape index (κ3) is 5.08. The predicted molar refractivity (Wildman–Crippen MR) is 86.2 cm³/mol. The fourth-order valence-electron chi connectivity index (χ4n) is 2.55. The van der Waals surface area contributed by atoms with Crippen molar-refractivity contribution in [1.29, 1.82) is 0 Å². The highest BCUT2D eigenvalue weighted by Gasteiger charge is 2.15. The number of aliphatic hydroxyl groups excluding tert-OH is 1. The van der Waals surface area contributed by atoms with Crippen LogP contribution in [0.5, 0.6) is 0 Å². The third-order valence-corrected chi connectivity index (χ3v) is 4.30. The molecule has 4 heteroatoms. The number of halogens is 1. The van der Waals surface area contributed by atoms with E-state index in [9.17, 15) is 5.11 Å². The fourth-order valence-corrected chi connectivity index (χ4v) is 2.91. The van der Waals surface area contributed by atoms with E-state index in [0.717, 1.165) is 23.0 Å². The van der Waals surface area contributed by atoms with Gasteiger partial charge in [0.1, 0.15) is 0 Å². The van der Waals surface area contributed by atoms with Crippen LogP contribution in [-0.2, 0) is 4.74 Å². The maximum absolute atomic E-state index is 10.0. The molecule has 1 saturated carbocycles. The Hall–Kier alpha value is -0.580. The molecule has 2 N–H and O–H groups in total. The smallest absolute Gasteiger partial charge is 0.0945 e. The van der Waals surface area contributed by atoms with E-state index in [1.54, 1.807) is 0 Å². The molecule has 1 unspecified atom stereocenters. The molecule has 0 bridgehead atoms. The van der Waals surface area contributed by atoms with Crippen molar-refractivity contribution in [3.63, 3.8) is 0 Å². The van der Waals surface area contributed by atoms with Crippen molar-refractivity contribution in [1.82, 2.24) is 0 Å². The molecule has 1 atom stereocenters. The number of rotatable bonds is 6. The fraction of sp³-hybridized carbons (Fsp3) is 0.625. The second kappa shape index (κ2) is 8.01. The van der Waals surface area contributed by atoms with Crippen LogP contribution in [0, 0.1) is 6.92 Å². The van der Waals surface area contributed by atoms with Crippen molar-refractivity contribution < 1.29 is 9.84 Å². The highest BCUT2D eigenvalue weighted by atomic mass is 79.9. The Morgan fingerprint density at radius 1 is 1.35 bits per heavy atom.